The molecule has 1 aliphatic heterocycles. The van der Waals surface area contributed by atoms with Gasteiger partial charge in [-0.1, -0.05) is 6.58 Å². The van der Waals surface area contributed by atoms with Crippen molar-refractivity contribution in [1.82, 2.24) is 5.01 Å². The molecule has 0 fully saturated rings. The van der Waals surface area contributed by atoms with Crippen LogP contribution in [-0.4, -0.2) is 18.3 Å². The lowest BCUT2D eigenvalue weighted by Gasteiger charge is -2.10. The van der Waals surface area contributed by atoms with Crippen LogP contribution in [0.25, 0.3) is 0 Å². The lowest BCUT2D eigenvalue weighted by molar-refractivity contribution is 0.423. The first kappa shape index (κ1) is 4.96. The summed E-state index contributed by atoms with van der Waals surface area (Å²) in [6.45, 7) is 3.62. The molecule has 0 spiro atoms. The molecular formula is C4H6N4. The zero-order valence-corrected chi connectivity index (χ0v) is 4.57. The first-order chi connectivity index (χ1) is 3.80. The van der Waals surface area contributed by atoms with Gasteiger partial charge in [0.05, 0.1) is 11.9 Å². The quantitative estimate of drug-likeness (QED) is 0.454. The highest BCUT2D eigenvalue weighted by molar-refractivity contribution is 5.76. The Balaban J connectivity index is 2.74. The zero-order chi connectivity index (χ0) is 5.98. The molecule has 0 N–H and O–H groups in total. The maximum atomic E-state index is 3.62. The Morgan fingerprint density at radius 3 is 2.88 bits per heavy atom. The minimum atomic E-state index is 0.750. The van der Waals surface area contributed by atoms with Gasteiger partial charge >= 0.3 is 0 Å². The standard InChI is InChI=1S/C4H6N4/c1-4-3-5-6-7-8(4)2/h3H,1H2,2H3. The molecule has 0 atom stereocenters. The van der Waals surface area contributed by atoms with Gasteiger partial charge in [0.15, 0.2) is 0 Å². The van der Waals surface area contributed by atoms with Crippen molar-refractivity contribution in [3.8, 4) is 0 Å². The largest absolute Gasteiger partial charge is 0.248 e. The SMILES string of the molecule is C=C1C=NN=NN1C. The maximum absolute atomic E-state index is 3.62. The van der Waals surface area contributed by atoms with E-state index in [4.69, 9.17) is 0 Å². The number of hydrogen-bond donors (Lipinski definition) is 0. The summed E-state index contributed by atoms with van der Waals surface area (Å²) >= 11 is 0. The minimum Gasteiger partial charge on any atom is -0.248 e. The van der Waals surface area contributed by atoms with E-state index < -0.39 is 0 Å². The van der Waals surface area contributed by atoms with Crippen molar-refractivity contribution in [2.75, 3.05) is 7.05 Å². The highest BCUT2D eigenvalue weighted by Crippen LogP contribution is 2.00. The van der Waals surface area contributed by atoms with Crippen LogP contribution in [0.2, 0.25) is 0 Å². The molecule has 0 radical (unpaired) electrons. The van der Waals surface area contributed by atoms with Crippen LogP contribution in [0.15, 0.2) is 27.8 Å². The summed E-state index contributed by atoms with van der Waals surface area (Å²) in [7, 11) is 1.76. The van der Waals surface area contributed by atoms with Crippen molar-refractivity contribution in [2.24, 2.45) is 15.5 Å². The number of nitrogens with zero attached hydrogens (tertiary/aromatic N) is 4. The average Bonchev–Trinajstić information content (AvgIpc) is 1.77. The number of allylic oxidation sites excluding steroid dienone is 1. The Hall–Kier alpha value is -1.19. The first-order valence-electron chi connectivity index (χ1n) is 2.17. The van der Waals surface area contributed by atoms with E-state index in [0.717, 1.165) is 5.70 Å². The van der Waals surface area contributed by atoms with Crippen molar-refractivity contribution < 1.29 is 0 Å². The molecule has 42 valence electrons. The van der Waals surface area contributed by atoms with Crippen LogP contribution >= 0.6 is 0 Å². The van der Waals surface area contributed by atoms with Gasteiger partial charge in [0.1, 0.15) is 0 Å². The average molecular weight is 110 g/mol. The highest BCUT2D eigenvalue weighted by atomic mass is 15.6. The van der Waals surface area contributed by atoms with Gasteiger partial charge in [-0.15, -0.1) is 5.10 Å². The highest BCUT2D eigenvalue weighted by Gasteiger charge is 1.97. The minimum absolute atomic E-state index is 0.750. The summed E-state index contributed by atoms with van der Waals surface area (Å²) in [5, 5.41) is 12.0. The second-order valence-electron chi connectivity index (χ2n) is 1.44. The molecule has 4 heteroatoms. The lowest BCUT2D eigenvalue weighted by Crippen LogP contribution is -2.11. The molecule has 0 saturated heterocycles. The van der Waals surface area contributed by atoms with E-state index in [1.807, 2.05) is 0 Å². The number of rotatable bonds is 0. The van der Waals surface area contributed by atoms with Crippen LogP contribution in [0.5, 0.6) is 0 Å². The molecule has 0 aromatic rings. The van der Waals surface area contributed by atoms with Crippen LogP contribution in [-0.2, 0) is 0 Å². The summed E-state index contributed by atoms with van der Waals surface area (Å²) in [4.78, 5) is 0. The molecular weight excluding hydrogens is 104 g/mol. The van der Waals surface area contributed by atoms with Crippen LogP contribution in [0, 0.1) is 0 Å². The maximum Gasteiger partial charge on any atom is 0.0761 e. The molecule has 0 aliphatic carbocycles. The second-order valence-corrected chi connectivity index (χ2v) is 1.44. The van der Waals surface area contributed by atoms with Gasteiger partial charge in [0, 0.05) is 7.05 Å². The fraction of sp³-hybridized carbons (Fsp3) is 0.250. The van der Waals surface area contributed by atoms with Gasteiger partial charge in [-0.2, -0.15) is 0 Å². The van der Waals surface area contributed by atoms with Crippen molar-refractivity contribution in [2.45, 2.75) is 0 Å². The molecule has 0 saturated carbocycles. The fourth-order valence-electron chi connectivity index (χ4n) is 0.317. The van der Waals surface area contributed by atoms with E-state index in [9.17, 15) is 0 Å². The Bertz CT molecular complexity index is 157. The van der Waals surface area contributed by atoms with Crippen LogP contribution in [0.3, 0.4) is 0 Å². The van der Waals surface area contributed by atoms with Gasteiger partial charge < -0.3 is 0 Å². The molecule has 0 amide bonds. The van der Waals surface area contributed by atoms with Crippen molar-refractivity contribution in [1.29, 1.82) is 0 Å². The van der Waals surface area contributed by atoms with Crippen LogP contribution < -0.4 is 0 Å². The lowest BCUT2D eigenvalue weighted by atomic mass is 10.5. The number of hydrogen-bond acceptors (Lipinski definition) is 4. The normalized spacial score (nSPS) is 17.6. The fourth-order valence-corrected chi connectivity index (χ4v) is 0.317. The molecule has 1 aliphatic rings. The van der Waals surface area contributed by atoms with Crippen molar-refractivity contribution in [3.63, 3.8) is 0 Å². The monoisotopic (exact) mass is 110 g/mol. The third-order valence-corrected chi connectivity index (χ3v) is 0.848. The Morgan fingerprint density at radius 2 is 2.50 bits per heavy atom. The van der Waals surface area contributed by atoms with E-state index in [2.05, 4.69) is 22.1 Å². The Morgan fingerprint density at radius 1 is 1.75 bits per heavy atom. The predicted octanol–water partition coefficient (Wildman–Crippen LogP) is 0.798. The Kier molecular flexibility index (Phi) is 1.07. The summed E-state index contributed by atoms with van der Waals surface area (Å²) in [5.41, 5.74) is 0.750. The topological polar surface area (TPSA) is 40.3 Å². The zero-order valence-electron chi connectivity index (χ0n) is 4.57. The third-order valence-electron chi connectivity index (χ3n) is 0.848. The molecule has 0 aromatic carbocycles. The van der Waals surface area contributed by atoms with Crippen LogP contribution in [0.1, 0.15) is 0 Å². The van der Waals surface area contributed by atoms with E-state index >= 15 is 0 Å². The summed E-state index contributed by atoms with van der Waals surface area (Å²) < 4.78 is 0. The molecule has 0 aromatic heterocycles. The van der Waals surface area contributed by atoms with E-state index in [1.165, 1.54) is 0 Å². The summed E-state index contributed by atoms with van der Waals surface area (Å²) in [5.74, 6) is 0. The van der Waals surface area contributed by atoms with Crippen LogP contribution in [0.4, 0.5) is 0 Å². The first-order valence-corrected chi connectivity index (χ1v) is 2.17. The van der Waals surface area contributed by atoms with Crippen molar-refractivity contribution >= 4 is 6.21 Å². The Labute approximate surface area is 47.2 Å². The third kappa shape index (κ3) is 0.726. The molecule has 0 bridgehead atoms. The van der Waals surface area contributed by atoms with Gasteiger partial charge in [-0.25, -0.2) is 5.01 Å². The second kappa shape index (κ2) is 1.73. The van der Waals surface area contributed by atoms with E-state index in [0.29, 0.717) is 0 Å². The molecule has 4 nitrogen and oxygen atoms in total. The molecule has 8 heavy (non-hydrogen) atoms. The summed E-state index contributed by atoms with van der Waals surface area (Å²) in [6.07, 6.45) is 1.55. The van der Waals surface area contributed by atoms with E-state index in [1.54, 1.807) is 18.3 Å². The molecule has 1 heterocycles. The van der Waals surface area contributed by atoms with E-state index in [-0.39, 0.29) is 0 Å². The van der Waals surface area contributed by atoms with Gasteiger partial charge in [-0.05, 0) is 10.4 Å². The molecule has 0 unspecified atom stereocenters. The predicted molar refractivity (Wildman–Crippen MR) is 30.3 cm³/mol. The molecule has 1 rings (SSSR count). The summed E-state index contributed by atoms with van der Waals surface area (Å²) in [6, 6.07) is 0. The smallest absolute Gasteiger partial charge is 0.0761 e. The van der Waals surface area contributed by atoms with Crippen molar-refractivity contribution in [3.05, 3.63) is 12.3 Å². The van der Waals surface area contributed by atoms with Gasteiger partial charge in [-0.3, -0.25) is 0 Å². The van der Waals surface area contributed by atoms with Gasteiger partial charge in [0.25, 0.3) is 0 Å². The van der Waals surface area contributed by atoms with Gasteiger partial charge in [0.2, 0.25) is 0 Å².